The molecule has 2 aromatic rings. The van der Waals surface area contributed by atoms with E-state index in [0.717, 1.165) is 5.69 Å². The molecular formula is C12H13ClN4O. The summed E-state index contributed by atoms with van der Waals surface area (Å²) in [4.78, 5) is 15.6. The minimum absolute atomic E-state index is 0.0526. The highest BCUT2D eigenvalue weighted by atomic mass is 35.5. The van der Waals surface area contributed by atoms with Crippen LogP contribution in [0.4, 0.5) is 5.69 Å². The van der Waals surface area contributed by atoms with E-state index in [1.807, 2.05) is 24.3 Å². The Morgan fingerprint density at radius 3 is 2.94 bits per heavy atom. The number of carbonyl (C=O) groups excluding carboxylic acids is 1. The number of nitrogens with zero attached hydrogens (tertiary/aromatic N) is 3. The predicted octanol–water partition coefficient (Wildman–Crippen LogP) is 2.22. The molecule has 0 saturated carbocycles. The third-order valence-electron chi connectivity index (χ3n) is 2.38. The third kappa shape index (κ3) is 3.07. The maximum atomic E-state index is 11.7. The van der Waals surface area contributed by atoms with Crippen LogP contribution in [0.5, 0.6) is 0 Å². The van der Waals surface area contributed by atoms with E-state index in [-0.39, 0.29) is 5.91 Å². The number of rotatable bonds is 5. The molecule has 0 bridgehead atoms. The number of aromatic nitrogens is 3. The minimum Gasteiger partial charge on any atom is -0.324 e. The van der Waals surface area contributed by atoms with E-state index >= 15 is 0 Å². The molecule has 0 atom stereocenters. The molecular weight excluding hydrogens is 252 g/mol. The van der Waals surface area contributed by atoms with Crippen molar-refractivity contribution in [2.75, 3.05) is 11.2 Å². The lowest BCUT2D eigenvalue weighted by atomic mass is 10.2. The number of nitrogens with one attached hydrogen (secondary N) is 1. The Bertz CT molecular complexity index is 513. The van der Waals surface area contributed by atoms with Crippen LogP contribution < -0.4 is 5.32 Å². The zero-order valence-corrected chi connectivity index (χ0v) is 10.5. The van der Waals surface area contributed by atoms with E-state index in [2.05, 4.69) is 15.4 Å². The normalized spacial score (nSPS) is 10.3. The van der Waals surface area contributed by atoms with Gasteiger partial charge < -0.3 is 5.32 Å². The van der Waals surface area contributed by atoms with Gasteiger partial charge in [0.05, 0.1) is 11.4 Å². The highest BCUT2D eigenvalue weighted by Gasteiger charge is 2.07. The van der Waals surface area contributed by atoms with Gasteiger partial charge in [-0.3, -0.25) is 4.79 Å². The second-order valence-electron chi connectivity index (χ2n) is 3.70. The first-order valence-electron chi connectivity index (χ1n) is 5.61. The van der Waals surface area contributed by atoms with Crippen molar-refractivity contribution in [2.24, 2.45) is 0 Å². The van der Waals surface area contributed by atoms with Gasteiger partial charge in [0.1, 0.15) is 12.7 Å². The third-order valence-corrected chi connectivity index (χ3v) is 2.65. The van der Waals surface area contributed by atoms with Gasteiger partial charge >= 0.3 is 0 Å². The van der Waals surface area contributed by atoms with Crippen molar-refractivity contribution in [3.8, 4) is 5.69 Å². The minimum atomic E-state index is -0.0526. The quantitative estimate of drug-likeness (QED) is 0.843. The van der Waals surface area contributed by atoms with Gasteiger partial charge in [0.2, 0.25) is 5.91 Å². The molecule has 1 heterocycles. The summed E-state index contributed by atoms with van der Waals surface area (Å²) in [5.41, 5.74) is 1.50. The summed E-state index contributed by atoms with van der Waals surface area (Å²) in [6.45, 7) is 0. The average Bonchev–Trinajstić information content (AvgIpc) is 2.91. The van der Waals surface area contributed by atoms with Crippen LogP contribution in [0.2, 0.25) is 0 Å². The van der Waals surface area contributed by atoms with Crippen LogP contribution in [-0.2, 0) is 4.79 Å². The number of hydrogen-bond acceptors (Lipinski definition) is 3. The Kier molecular flexibility index (Phi) is 4.30. The van der Waals surface area contributed by atoms with Crippen LogP contribution in [0.1, 0.15) is 12.8 Å². The second kappa shape index (κ2) is 6.16. The Morgan fingerprint density at radius 2 is 2.22 bits per heavy atom. The van der Waals surface area contributed by atoms with Crippen molar-refractivity contribution >= 4 is 23.2 Å². The Labute approximate surface area is 110 Å². The SMILES string of the molecule is O=C(CCCCl)Nc1ccccc1-n1cncn1. The Hall–Kier alpha value is -1.88. The molecule has 1 aromatic heterocycles. The van der Waals surface area contributed by atoms with Gasteiger partial charge in [0, 0.05) is 12.3 Å². The molecule has 94 valence electrons. The molecule has 0 radical (unpaired) electrons. The molecule has 18 heavy (non-hydrogen) atoms. The molecule has 0 fully saturated rings. The summed E-state index contributed by atoms with van der Waals surface area (Å²) in [6, 6.07) is 7.43. The second-order valence-corrected chi connectivity index (χ2v) is 4.08. The lowest BCUT2D eigenvalue weighted by molar-refractivity contribution is -0.116. The van der Waals surface area contributed by atoms with Gasteiger partial charge in [-0.15, -0.1) is 11.6 Å². The Balaban J connectivity index is 2.16. The molecule has 1 aromatic carbocycles. The lowest BCUT2D eigenvalue weighted by Crippen LogP contribution is -2.13. The van der Waals surface area contributed by atoms with Gasteiger partial charge in [0.25, 0.3) is 0 Å². The van der Waals surface area contributed by atoms with Crippen LogP contribution in [0.25, 0.3) is 5.69 Å². The van der Waals surface area contributed by atoms with Crippen molar-refractivity contribution in [1.82, 2.24) is 14.8 Å². The summed E-state index contributed by atoms with van der Waals surface area (Å²) in [5, 5.41) is 6.90. The van der Waals surface area contributed by atoms with Crippen LogP contribution in [0.15, 0.2) is 36.9 Å². The number of anilines is 1. The topological polar surface area (TPSA) is 59.8 Å². The van der Waals surface area contributed by atoms with Crippen molar-refractivity contribution in [3.05, 3.63) is 36.9 Å². The number of hydrogen-bond donors (Lipinski definition) is 1. The average molecular weight is 265 g/mol. The summed E-state index contributed by atoms with van der Waals surface area (Å²) in [7, 11) is 0. The monoisotopic (exact) mass is 264 g/mol. The number of benzene rings is 1. The van der Waals surface area contributed by atoms with Crippen LogP contribution in [-0.4, -0.2) is 26.6 Å². The van der Waals surface area contributed by atoms with Crippen LogP contribution in [0.3, 0.4) is 0 Å². The number of amides is 1. The van der Waals surface area contributed by atoms with Gasteiger partial charge in [-0.05, 0) is 18.6 Å². The number of alkyl halides is 1. The molecule has 1 N–H and O–H groups in total. The summed E-state index contributed by atoms with van der Waals surface area (Å²) >= 11 is 5.56. The first-order valence-corrected chi connectivity index (χ1v) is 6.14. The van der Waals surface area contributed by atoms with E-state index in [1.54, 1.807) is 11.0 Å². The van der Waals surface area contributed by atoms with Gasteiger partial charge in [-0.2, -0.15) is 5.10 Å². The molecule has 0 spiro atoms. The fourth-order valence-electron chi connectivity index (χ4n) is 1.55. The van der Waals surface area contributed by atoms with Crippen LogP contribution >= 0.6 is 11.6 Å². The number of halogens is 1. The highest BCUT2D eigenvalue weighted by molar-refractivity contribution is 6.18. The predicted molar refractivity (Wildman–Crippen MR) is 69.9 cm³/mol. The first-order chi connectivity index (χ1) is 8.81. The molecule has 0 unspecified atom stereocenters. The maximum Gasteiger partial charge on any atom is 0.224 e. The van der Waals surface area contributed by atoms with Crippen molar-refractivity contribution in [1.29, 1.82) is 0 Å². The Morgan fingerprint density at radius 1 is 1.39 bits per heavy atom. The number of para-hydroxylation sites is 2. The molecule has 0 saturated heterocycles. The van der Waals surface area contributed by atoms with Gasteiger partial charge in [0.15, 0.2) is 0 Å². The maximum absolute atomic E-state index is 11.7. The lowest BCUT2D eigenvalue weighted by Gasteiger charge is -2.10. The van der Waals surface area contributed by atoms with Gasteiger partial charge in [-0.1, -0.05) is 12.1 Å². The molecule has 0 aliphatic heterocycles. The van der Waals surface area contributed by atoms with Crippen molar-refractivity contribution in [2.45, 2.75) is 12.8 Å². The molecule has 1 amide bonds. The van der Waals surface area contributed by atoms with Gasteiger partial charge in [-0.25, -0.2) is 9.67 Å². The fraction of sp³-hybridized carbons (Fsp3) is 0.250. The molecule has 0 aliphatic rings. The summed E-state index contributed by atoms with van der Waals surface area (Å²) < 4.78 is 1.61. The molecule has 0 aliphatic carbocycles. The zero-order chi connectivity index (χ0) is 12.8. The molecule has 6 heteroatoms. The standard InChI is InChI=1S/C12H13ClN4O/c13-7-3-6-12(18)16-10-4-1-2-5-11(10)17-9-14-8-15-17/h1-2,4-5,8-9H,3,6-7H2,(H,16,18). The summed E-state index contributed by atoms with van der Waals surface area (Å²) in [6.07, 6.45) is 4.12. The van der Waals surface area contributed by atoms with E-state index in [4.69, 9.17) is 11.6 Å². The summed E-state index contributed by atoms with van der Waals surface area (Å²) in [5.74, 6) is 0.432. The highest BCUT2D eigenvalue weighted by Crippen LogP contribution is 2.18. The first kappa shape index (κ1) is 12.6. The largest absolute Gasteiger partial charge is 0.324 e. The van der Waals surface area contributed by atoms with E-state index in [9.17, 15) is 4.79 Å². The van der Waals surface area contributed by atoms with E-state index < -0.39 is 0 Å². The van der Waals surface area contributed by atoms with Crippen molar-refractivity contribution in [3.63, 3.8) is 0 Å². The van der Waals surface area contributed by atoms with Crippen LogP contribution in [0, 0.1) is 0 Å². The van der Waals surface area contributed by atoms with Crippen molar-refractivity contribution < 1.29 is 4.79 Å². The van der Waals surface area contributed by atoms with E-state index in [0.29, 0.717) is 24.4 Å². The number of carbonyl (C=O) groups is 1. The molecule has 5 nitrogen and oxygen atoms in total. The molecule has 2 rings (SSSR count). The fourth-order valence-corrected chi connectivity index (χ4v) is 1.69. The zero-order valence-electron chi connectivity index (χ0n) is 9.71. The smallest absolute Gasteiger partial charge is 0.224 e. The van der Waals surface area contributed by atoms with E-state index in [1.165, 1.54) is 6.33 Å².